The fraction of sp³-hybridized carbons (Fsp3) is 0.556. The number of ether oxygens (including phenoxy) is 1. The molecule has 0 aromatic heterocycles. The van der Waals surface area contributed by atoms with Gasteiger partial charge in [-0.1, -0.05) is 51.5 Å². The van der Waals surface area contributed by atoms with Crippen LogP contribution in [-0.4, -0.2) is 30.0 Å². The number of nitrogens with one attached hydrogen (secondary N) is 1. The highest BCUT2D eigenvalue weighted by Crippen LogP contribution is 2.14. The summed E-state index contributed by atoms with van der Waals surface area (Å²) in [5.41, 5.74) is -0.0239. The minimum absolute atomic E-state index is 0.144. The van der Waals surface area contributed by atoms with Crippen molar-refractivity contribution in [2.75, 3.05) is 7.11 Å². The van der Waals surface area contributed by atoms with Crippen LogP contribution in [0.3, 0.4) is 0 Å². The van der Waals surface area contributed by atoms with Crippen LogP contribution in [0.25, 0.3) is 0 Å². The standard InChI is InChI=1S/C18H26N2O5/c1-3-4-5-6-7-8-12-16(18(22)25-2)19-17(21)14-10-9-11-15(13-14)20(23)24/h9-11,13,16H,3-8,12H2,1-2H3,(H,19,21)/t16-/m1/s1. The molecule has 0 heterocycles. The Morgan fingerprint density at radius 1 is 1.20 bits per heavy atom. The maximum Gasteiger partial charge on any atom is 0.328 e. The van der Waals surface area contributed by atoms with Gasteiger partial charge in [0, 0.05) is 17.7 Å². The van der Waals surface area contributed by atoms with E-state index in [1.165, 1.54) is 50.6 Å². The van der Waals surface area contributed by atoms with E-state index in [1.807, 2.05) is 0 Å². The Kier molecular flexibility index (Phi) is 9.21. The summed E-state index contributed by atoms with van der Waals surface area (Å²) < 4.78 is 4.74. The van der Waals surface area contributed by atoms with Crippen molar-refractivity contribution in [2.45, 2.75) is 57.9 Å². The summed E-state index contributed by atoms with van der Waals surface area (Å²) in [7, 11) is 1.27. The van der Waals surface area contributed by atoms with Gasteiger partial charge in [0.1, 0.15) is 6.04 Å². The minimum atomic E-state index is -0.747. The predicted molar refractivity (Wildman–Crippen MR) is 94.4 cm³/mol. The first kappa shape index (κ1) is 20.6. The minimum Gasteiger partial charge on any atom is -0.467 e. The quantitative estimate of drug-likeness (QED) is 0.284. The van der Waals surface area contributed by atoms with E-state index < -0.39 is 22.8 Å². The lowest BCUT2D eigenvalue weighted by Crippen LogP contribution is -2.41. The lowest BCUT2D eigenvalue weighted by molar-refractivity contribution is -0.384. The van der Waals surface area contributed by atoms with Crippen LogP contribution in [0.4, 0.5) is 5.69 Å². The van der Waals surface area contributed by atoms with Crippen LogP contribution < -0.4 is 5.32 Å². The fourth-order valence-corrected chi connectivity index (χ4v) is 2.52. The first-order valence-electron chi connectivity index (χ1n) is 8.62. The smallest absolute Gasteiger partial charge is 0.328 e. The Morgan fingerprint density at radius 3 is 2.52 bits per heavy atom. The molecule has 0 spiro atoms. The number of hydrogen-bond acceptors (Lipinski definition) is 5. The van der Waals surface area contributed by atoms with Gasteiger partial charge in [-0.2, -0.15) is 0 Å². The molecule has 1 amide bonds. The number of hydrogen-bond donors (Lipinski definition) is 1. The molecule has 0 bridgehead atoms. The van der Waals surface area contributed by atoms with E-state index in [0.717, 1.165) is 19.3 Å². The number of rotatable bonds is 11. The van der Waals surface area contributed by atoms with E-state index >= 15 is 0 Å². The van der Waals surface area contributed by atoms with Crippen molar-refractivity contribution in [1.82, 2.24) is 5.32 Å². The van der Waals surface area contributed by atoms with Gasteiger partial charge in [0.05, 0.1) is 12.0 Å². The highest BCUT2D eigenvalue weighted by atomic mass is 16.6. The third-order valence-corrected chi connectivity index (χ3v) is 3.96. The maximum atomic E-state index is 12.3. The summed E-state index contributed by atoms with van der Waals surface area (Å²) in [6.45, 7) is 2.15. The van der Waals surface area contributed by atoms with Gasteiger partial charge in [0.2, 0.25) is 0 Å². The molecule has 7 nitrogen and oxygen atoms in total. The van der Waals surface area contributed by atoms with E-state index in [4.69, 9.17) is 4.74 Å². The largest absolute Gasteiger partial charge is 0.467 e. The van der Waals surface area contributed by atoms with Gasteiger partial charge in [-0.05, 0) is 12.5 Å². The summed E-state index contributed by atoms with van der Waals surface area (Å²) in [4.78, 5) is 34.4. The van der Waals surface area contributed by atoms with E-state index in [1.54, 1.807) is 0 Å². The molecule has 0 aliphatic heterocycles. The van der Waals surface area contributed by atoms with Gasteiger partial charge in [-0.15, -0.1) is 0 Å². The van der Waals surface area contributed by atoms with E-state index in [-0.39, 0.29) is 11.3 Å². The molecular weight excluding hydrogens is 324 g/mol. The fourth-order valence-electron chi connectivity index (χ4n) is 2.52. The molecular formula is C18H26N2O5. The van der Waals surface area contributed by atoms with Crippen LogP contribution >= 0.6 is 0 Å². The molecule has 0 radical (unpaired) electrons. The second kappa shape index (κ2) is 11.2. The van der Waals surface area contributed by atoms with E-state index in [2.05, 4.69) is 12.2 Å². The van der Waals surface area contributed by atoms with Crippen LogP contribution in [0.1, 0.15) is 62.2 Å². The molecule has 1 atom stereocenters. The number of carbonyl (C=O) groups is 2. The molecule has 1 aromatic carbocycles. The van der Waals surface area contributed by atoms with Crippen LogP contribution in [0.5, 0.6) is 0 Å². The monoisotopic (exact) mass is 350 g/mol. The van der Waals surface area contributed by atoms with Gasteiger partial charge >= 0.3 is 5.97 Å². The normalized spacial score (nSPS) is 11.6. The van der Waals surface area contributed by atoms with Gasteiger partial charge in [0.15, 0.2) is 0 Å². The first-order chi connectivity index (χ1) is 12.0. The van der Waals surface area contributed by atoms with E-state index in [0.29, 0.717) is 6.42 Å². The average Bonchev–Trinajstić information content (AvgIpc) is 2.62. The number of amides is 1. The second-order valence-electron chi connectivity index (χ2n) is 5.91. The van der Waals surface area contributed by atoms with Crippen LogP contribution in [0, 0.1) is 10.1 Å². The Balaban J connectivity index is 2.62. The summed E-state index contributed by atoms with van der Waals surface area (Å²) in [6, 6.07) is 4.66. The molecule has 1 N–H and O–H groups in total. The highest BCUT2D eigenvalue weighted by Gasteiger charge is 2.22. The topological polar surface area (TPSA) is 98.5 Å². The molecule has 0 saturated heterocycles. The first-order valence-corrected chi connectivity index (χ1v) is 8.62. The summed E-state index contributed by atoms with van der Waals surface area (Å²) in [5, 5.41) is 13.4. The number of carbonyl (C=O) groups excluding carboxylic acids is 2. The molecule has 1 aromatic rings. The van der Waals surface area contributed by atoms with Crippen LogP contribution in [0.15, 0.2) is 24.3 Å². The van der Waals surface area contributed by atoms with Crippen molar-refractivity contribution >= 4 is 17.6 Å². The number of nitro benzene ring substituents is 1. The zero-order valence-electron chi connectivity index (χ0n) is 14.8. The maximum absolute atomic E-state index is 12.3. The summed E-state index contributed by atoms with van der Waals surface area (Å²) in [5.74, 6) is -1.03. The number of benzene rings is 1. The lowest BCUT2D eigenvalue weighted by Gasteiger charge is -2.16. The van der Waals surface area contributed by atoms with Gasteiger partial charge < -0.3 is 10.1 Å². The van der Waals surface area contributed by atoms with Crippen molar-refractivity contribution in [3.05, 3.63) is 39.9 Å². The van der Waals surface area contributed by atoms with Crippen molar-refractivity contribution in [2.24, 2.45) is 0 Å². The third-order valence-electron chi connectivity index (χ3n) is 3.96. The lowest BCUT2D eigenvalue weighted by atomic mass is 10.0. The molecule has 0 saturated carbocycles. The Hall–Kier alpha value is -2.44. The molecule has 0 aliphatic rings. The van der Waals surface area contributed by atoms with Crippen molar-refractivity contribution in [3.8, 4) is 0 Å². The van der Waals surface area contributed by atoms with Crippen molar-refractivity contribution in [3.63, 3.8) is 0 Å². The zero-order valence-corrected chi connectivity index (χ0v) is 14.8. The molecule has 7 heteroatoms. The SMILES string of the molecule is CCCCCCCC[C@@H](NC(=O)c1cccc([N+](=O)[O-])c1)C(=O)OC. The molecule has 25 heavy (non-hydrogen) atoms. The third kappa shape index (κ3) is 7.32. The molecule has 0 fully saturated rings. The zero-order chi connectivity index (χ0) is 18.7. The van der Waals surface area contributed by atoms with Gasteiger partial charge in [-0.3, -0.25) is 14.9 Å². The van der Waals surface area contributed by atoms with Gasteiger partial charge in [-0.25, -0.2) is 4.79 Å². The number of nitrogens with zero attached hydrogens (tertiary/aromatic N) is 1. The Bertz CT molecular complexity index is 589. The van der Waals surface area contributed by atoms with Crippen molar-refractivity contribution < 1.29 is 19.2 Å². The summed E-state index contributed by atoms with van der Waals surface area (Å²) >= 11 is 0. The van der Waals surface area contributed by atoms with E-state index in [9.17, 15) is 19.7 Å². The molecule has 138 valence electrons. The highest BCUT2D eigenvalue weighted by molar-refractivity contribution is 5.97. The second-order valence-corrected chi connectivity index (χ2v) is 5.91. The number of esters is 1. The van der Waals surface area contributed by atoms with Crippen LogP contribution in [-0.2, 0) is 9.53 Å². The van der Waals surface area contributed by atoms with Crippen LogP contribution in [0.2, 0.25) is 0 Å². The molecule has 1 rings (SSSR count). The van der Waals surface area contributed by atoms with Gasteiger partial charge in [0.25, 0.3) is 11.6 Å². The number of unbranched alkanes of at least 4 members (excludes halogenated alkanes) is 5. The Morgan fingerprint density at radius 2 is 1.88 bits per heavy atom. The number of methoxy groups -OCH3 is 1. The number of non-ortho nitro benzene ring substituents is 1. The Labute approximate surface area is 147 Å². The van der Waals surface area contributed by atoms with Crippen molar-refractivity contribution in [1.29, 1.82) is 0 Å². The summed E-state index contributed by atoms with van der Waals surface area (Å²) in [6.07, 6.45) is 6.91. The molecule has 0 unspecified atom stereocenters. The molecule has 0 aliphatic carbocycles. The predicted octanol–water partition coefficient (Wildman–Crippen LogP) is 3.62. The number of nitro groups is 1. The average molecular weight is 350 g/mol.